The molecule has 11 heteroatoms. The summed E-state index contributed by atoms with van der Waals surface area (Å²) in [5, 5.41) is 10.7. The highest BCUT2D eigenvalue weighted by molar-refractivity contribution is 7.53. The molecule has 160 valence electrons. The fourth-order valence-electron chi connectivity index (χ4n) is 3.39. The van der Waals surface area contributed by atoms with Gasteiger partial charge in [-0.2, -0.15) is 0 Å². The summed E-state index contributed by atoms with van der Waals surface area (Å²) >= 11 is 0. The Morgan fingerprint density at radius 3 is 2.46 bits per heavy atom. The molecule has 0 amide bonds. The van der Waals surface area contributed by atoms with Crippen LogP contribution < -0.4 is 11.2 Å². The Hall–Kier alpha value is -1.29. The summed E-state index contributed by atoms with van der Waals surface area (Å²) in [5.74, 6) is -0.416. The SMILES string of the molecule is CCOP(=O)(C[C@@H](C)[C@H]1O[C@@H](n2cc(C)c(=O)[nH]c2=O)[C@H](OC)[C@@H]1O)OCC. The monoisotopic (exact) mass is 420 g/mol. The second-order valence-corrected chi connectivity index (χ2v) is 8.87. The van der Waals surface area contributed by atoms with Crippen molar-refractivity contribution in [3.63, 3.8) is 0 Å². The standard InChI is InChI=1S/C17H29N2O8P/c1-6-25-28(23,26-7-2)9-11(4)13-12(20)14(24-5)16(27-13)19-8-10(3)15(21)18-17(19)22/h8,11-14,16,20H,6-7,9H2,1-5H3,(H,18,21,22)/t11-,12-,13-,14-,16-/m1/s1. The number of H-pyrrole nitrogens is 1. The van der Waals surface area contributed by atoms with Gasteiger partial charge in [0.1, 0.15) is 12.2 Å². The van der Waals surface area contributed by atoms with Gasteiger partial charge in [-0.1, -0.05) is 6.92 Å². The van der Waals surface area contributed by atoms with E-state index in [1.165, 1.54) is 17.9 Å². The molecule has 1 aliphatic heterocycles. The normalized spacial score (nSPS) is 26.5. The zero-order valence-electron chi connectivity index (χ0n) is 16.8. The molecule has 0 saturated carbocycles. The van der Waals surface area contributed by atoms with Gasteiger partial charge in [0.2, 0.25) is 0 Å². The van der Waals surface area contributed by atoms with Gasteiger partial charge in [0.15, 0.2) is 6.23 Å². The second kappa shape index (κ2) is 9.47. The number of aromatic nitrogens is 2. The minimum absolute atomic E-state index is 0.0408. The van der Waals surface area contributed by atoms with Crippen LogP contribution in [0.4, 0.5) is 0 Å². The third kappa shape index (κ3) is 4.82. The molecular formula is C17H29N2O8P. The molecule has 2 rings (SSSR count). The molecule has 1 aromatic heterocycles. The molecule has 2 N–H and O–H groups in total. The number of aliphatic hydroxyl groups excluding tert-OH is 1. The van der Waals surface area contributed by atoms with Gasteiger partial charge in [0.05, 0.1) is 25.5 Å². The van der Waals surface area contributed by atoms with Gasteiger partial charge < -0.3 is 23.6 Å². The van der Waals surface area contributed by atoms with Crippen LogP contribution in [0.5, 0.6) is 0 Å². The lowest BCUT2D eigenvalue weighted by Gasteiger charge is -2.26. The van der Waals surface area contributed by atoms with Crippen LogP contribution in [0.2, 0.25) is 0 Å². The van der Waals surface area contributed by atoms with Crippen LogP contribution >= 0.6 is 7.60 Å². The summed E-state index contributed by atoms with van der Waals surface area (Å²) in [4.78, 5) is 26.1. The number of nitrogens with zero attached hydrogens (tertiary/aromatic N) is 1. The van der Waals surface area contributed by atoms with Gasteiger partial charge in [0.25, 0.3) is 5.56 Å². The Labute approximate surface area is 163 Å². The number of nitrogens with one attached hydrogen (secondary N) is 1. The van der Waals surface area contributed by atoms with E-state index in [1.54, 1.807) is 27.7 Å². The molecule has 0 aliphatic carbocycles. The molecule has 0 radical (unpaired) electrons. The highest BCUT2D eigenvalue weighted by Crippen LogP contribution is 2.51. The summed E-state index contributed by atoms with van der Waals surface area (Å²) in [5.41, 5.74) is -0.841. The van der Waals surface area contributed by atoms with Gasteiger partial charge in [-0.3, -0.25) is 18.9 Å². The van der Waals surface area contributed by atoms with Crippen LogP contribution in [0, 0.1) is 12.8 Å². The maximum Gasteiger partial charge on any atom is 0.331 e. The van der Waals surface area contributed by atoms with E-state index in [0.29, 0.717) is 5.56 Å². The number of aromatic amines is 1. The van der Waals surface area contributed by atoms with E-state index in [1.807, 2.05) is 0 Å². The molecule has 2 heterocycles. The van der Waals surface area contributed by atoms with Crippen LogP contribution in [-0.4, -0.2) is 59.5 Å². The van der Waals surface area contributed by atoms with E-state index in [4.69, 9.17) is 18.5 Å². The first kappa shape index (κ1) is 23.0. The minimum atomic E-state index is -3.35. The maximum absolute atomic E-state index is 12.8. The lowest BCUT2D eigenvalue weighted by Crippen LogP contribution is -2.40. The van der Waals surface area contributed by atoms with Gasteiger partial charge in [-0.15, -0.1) is 0 Å². The van der Waals surface area contributed by atoms with Crippen molar-refractivity contribution in [2.45, 2.75) is 52.2 Å². The average Bonchev–Trinajstić information content (AvgIpc) is 2.94. The van der Waals surface area contributed by atoms with Gasteiger partial charge >= 0.3 is 13.3 Å². The Kier molecular flexibility index (Phi) is 7.78. The Bertz CT molecular complexity index is 812. The molecule has 0 aromatic carbocycles. The molecular weight excluding hydrogens is 391 g/mol. The largest absolute Gasteiger partial charge is 0.387 e. The van der Waals surface area contributed by atoms with Gasteiger partial charge in [0, 0.05) is 18.9 Å². The fraction of sp³-hybridized carbons (Fsp3) is 0.765. The fourth-order valence-corrected chi connectivity index (χ4v) is 5.38. The minimum Gasteiger partial charge on any atom is -0.387 e. The number of hydrogen-bond donors (Lipinski definition) is 2. The van der Waals surface area contributed by atoms with Crippen LogP contribution in [0.1, 0.15) is 32.6 Å². The molecule has 28 heavy (non-hydrogen) atoms. The van der Waals surface area contributed by atoms with E-state index in [2.05, 4.69) is 4.98 Å². The molecule has 0 unspecified atom stereocenters. The summed E-state index contributed by atoms with van der Waals surface area (Å²) in [7, 11) is -1.95. The maximum atomic E-state index is 12.8. The van der Waals surface area contributed by atoms with E-state index in [-0.39, 0.29) is 19.4 Å². The molecule has 1 aliphatic rings. The van der Waals surface area contributed by atoms with Crippen molar-refractivity contribution in [2.24, 2.45) is 5.92 Å². The Morgan fingerprint density at radius 2 is 1.93 bits per heavy atom. The summed E-state index contributed by atoms with van der Waals surface area (Å²) in [6, 6.07) is 0. The third-order valence-corrected chi connectivity index (χ3v) is 6.99. The van der Waals surface area contributed by atoms with E-state index >= 15 is 0 Å². The number of ether oxygens (including phenoxy) is 2. The van der Waals surface area contributed by atoms with Crippen LogP contribution in [0.25, 0.3) is 0 Å². The van der Waals surface area contributed by atoms with Crippen molar-refractivity contribution in [3.8, 4) is 0 Å². The Morgan fingerprint density at radius 1 is 1.32 bits per heavy atom. The first-order chi connectivity index (χ1) is 13.2. The first-order valence-corrected chi connectivity index (χ1v) is 11.0. The summed E-state index contributed by atoms with van der Waals surface area (Å²) in [6.07, 6.45) is -2.26. The lowest BCUT2D eigenvalue weighted by molar-refractivity contribution is -0.0619. The summed E-state index contributed by atoms with van der Waals surface area (Å²) in [6.45, 7) is 7.22. The van der Waals surface area contributed by atoms with Crippen molar-refractivity contribution in [1.29, 1.82) is 0 Å². The topological polar surface area (TPSA) is 129 Å². The van der Waals surface area contributed by atoms with Crippen molar-refractivity contribution in [3.05, 3.63) is 32.6 Å². The predicted molar refractivity (Wildman–Crippen MR) is 102 cm³/mol. The van der Waals surface area contributed by atoms with E-state index < -0.39 is 49.3 Å². The van der Waals surface area contributed by atoms with Crippen LogP contribution in [0.15, 0.2) is 15.8 Å². The van der Waals surface area contributed by atoms with E-state index in [9.17, 15) is 19.3 Å². The zero-order chi connectivity index (χ0) is 21.1. The number of methoxy groups -OCH3 is 1. The Balaban J connectivity index is 2.29. The van der Waals surface area contributed by atoms with Crippen molar-refractivity contribution in [1.82, 2.24) is 9.55 Å². The van der Waals surface area contributed by atoms with Crippen molar-refractivity contribution in [2.75, 3.05) is 26.5 Å². The quantitative estimate of drug-likeness (QED) is 0.567. The third-order valence-electron chi connectivity index (χ3n) is 4.67. The lowest BCUT2D eigenvalue weighted by atomic mass is 10.00. The smallest absolute Gasteiger partial charge is 0.331 e. The molecule has 1 saturated heterocycles. The second-order valence-electron chi connectivity index (χ2n) is 6.77. The van der Waals surface area contributed by atoms with Gasteiger partial charge in [-0.25, -0.2) is 4.79 Å². The predicted octanol–water partition coefficient (Wildman–Crippen LogP) is 1.02. The first-order valence-electron chi connectivity index (χ1n) is 9.23. The van der Waals surface area contributed by atoms with Crippen molar-refractivity contribution >= 4 is 7.60 Å². The van der Waals surface area contributed by atoms with Crippen molar-refractivity contribution < 1.29 is 28.2 Å². The molecule has 0 spiro atoms. The molecule has 1 fully saturated rings. The molecule has 1 aromatic rings. The molecule has 5 atom stereocenters. The van der Waals surface area contributed by atoms with E-state index in [0.717, 1.165) is 0 Å². The number of aryl methyl sites for hydroxylation is 1. The summed E-state index contributed by atoms with van der Waals surface area (Å²) < 4.78 is 35.9. The van der Waals surface area contributed by atoms with Crippen LogP contribution in [-0.2, 0) is 23.1 Å². The highest BCUT2D eigenvalue weighted by Gasteiger charge is 2.48. The highest BCUT2D eigenvalue weighted by atomic mass is 31.2. The molecule has 10 nitrogen and oxygen atoms in total. The molecule has 0 bridgehead atoms. The zero-order valence-corrected chi connectivity index (χ0v) is 17.7. The number of aliphatic hydroxyl groups is 1. The number of hydrogen-bond acceptors (Lipinski definition) is 8. The average molecular weight is 420 g/mol. The van der Waals surface area contributed by atoms with Gasteiger partial charge in [-0.05, 0) is 26.7 Å². The number of rotatable bonds is 9. The van der Waals surface area contributed by atoms with Crippen LogP contribution in [0.3, 0.4) is 0 Å².